The molecule has 0 aliphatic rings. The Kier molecular flexibility index (Phi) is 5.78. The van der Waals surface area contributed by atoms with Gasteiger partial charge in [0.25, 0.3) is 0 Å². The van der Waals surface area contributed by atoms with E-state index in [0.717, 1.165) is 93.6 Å². The van der Waals surface area contributed by atoms with Crippen LogP contribution < -0.4 is 0 Å². The van der Waals surface area contributed by atoms with Gasteiger partial charge in [-0.3, -0.25) is 0 Å². The van der Waals surface area contributed by atoms with E-state index >= 15 is 0 Å². The fraction of sp³-hybridized carbons (Fsp3) is 0. The smallest absolute Gasteiger partial charge is 0.145 e. The van der Waals surface area contributed by atoms with E-state index in [4.69, 9.17) is 4.42 Å². The van der Waals surface area contributed by atoms with Crippen LogP contribution in [0.2, 0.25) is 0 Å². The molecule has 5 nitrogen and oxygen atoms in total. The number of nitrogens with zero attached hydrogens (tertiary/aromatic N) is 4. The molecule has 0 aliphatic carbocycles. The molecule has 12 rings (SSSR count). The first-order valence-electron chi connectivity index (χ1n) is 18.2. The fourth-order valence-electron chi connectivity index (χ4n) is 9.12. The zero-order valence-corrected chi connectivity index (χ0v) is 28.9. The number of nitriles is 1. The lowest BCUT2D eigenvalue weighted by Gasteiger charge is -2.16. The molecular weight excluding hydrogens is 661 g/mol. The van der Waals surface area contributed by atoms with E-state index in [1.807, 2.05) is 12.1 Å². The Morgan fingerprint density at radius 3 is 1.61 bits per heavy atom. The summed E-state index contributed by atoms with van der Waals surface area (Å²) in [5, 5.41) is 20.2. The molecule has 0 N–H and O–H groups in total. The summed E-state index contributed by atoms with van der Waals surface area (Å²) in [6, 6.07) is 62.1. The number of aromatic nitrogens is 3. The molecule has 0 fully saturated rings. The molecule has 250 valence electrons. The van der Waals surface area contributed by atoms with Crippen LogP contribution in [0.25, 0.3) is 104 Å². The number of hydrogen-bond acceptors (Lipinski definition) is 2. The van der Waals surface area contributed by atoms with Crippen LogP contribution in [-0.4, -0.2) is 13.7 Å². The maximum atomic E-state index is 11.2. The van der Waals surface area contributed by atoms with Crippen molar-refractivity contribution in [2.75, 3.05) is 0 Å². The molecule has 0 atom stereocenters. The summed E-state index contributed by atoms with van der Waals surface area (Å²) >= 11 is 0. The van der Waals surface area contributed by atoms with Gasteiger partial charge in [-0.1, -0.05) is 103 Å². The van der Waals surface area contributed by atoms with E-state index in [-0.39, 0.29) is 0 Å². The van der Waals surface area contributed by atoms with Gasteiger partial charge in [-0.15, -0.1) is 0 Å². The number of benzene rings is 8. The molecule has 0 saturated carbocycles. The normalized spacial score (nSPS) is 12.1. The van der Waals surface area contributed by atoms with Crippen LogP contribution in [0.4, 0.5) is 0 Å². The van der Waals surface area contributed by atoms with Crippen LogP contribution in [-0.2, 0) is 0 Å². The maximum absolute atomic E-state index is 11.2. The number of rotatable bonds is 3. The molecule has 0 radical (unpaired) electrons. The zero-order chi connectivity index (χ0) is 35.5. The predicted octanol–water partition coefficient (Wildman–Crippen LogP) is 12.7. The Morgan fingerprint density at radius 2 is 0.926 bits per heavy atom. The third-order valence-corrected chi connectivity index (χ3v) is 11.3. The van der Waals surface area contributed by atoms with Crippen LogP contribution in [0, 0.1) is 11.3 Å². The number of hydrogen-bond donors (Lipinski definition) is 0. The van der Waals surface area contributed by atoms with Gasteiger partial charge in [0.15, 0.2) is 0 Å². The van der Waals surface area contributed by atoms with Crippen LogP contribution >= 0.6 is 0 Å². The summed E-state index contributed by atoms with van der Waals surface area (Å²) in [4.78, 5) is 0. The summed E-state index contributed by atoms with van der Waals surface area (Å²) in [6.45, 7) is 0. The van der Waals surface area contributed by atoms with Crippen molar-refractivity contribution in [1.82, 2.24) is 13.7 Å². The molecule has 0 unspecified atom stereocenters. The molecule has 4 heterocycles. The number of para-hydroxylation sites is 5. The topological polar surface area (TPSA) is 51.7 Å². The van der Waals surface area contributed by atoms with E-state index in [1.165, 1.54) is 10.8 Å². The zero-order valence-electron chi connectivity index (χ0n) is 28.9. The Bertz CT molecular complexity index is 3570. The van der Waals surface area contributed by atoms with Crippen LogP contribution in [0.3, 0.4) is 0 Å². The van der Waals surface area contributed by atoms with Gasteiger partial charge in [0, 0.05) is 43.4 Å². The van der Waals surface area contributed by atoms with E-state index in [1.54, 1.807) is 0 Å². The highest BCUT2D eigenvalue weighted by Gasteiger charge is 2.25. The molecule has 0 amide bonds. The van der Waals surface area contributed by atoms with Crippen LogP contribution in [0.1, 0.15) is 5.56 Å². The van der Waals surface area contributed by atoms with Gasteiger partial charge < -0.3 is 18.1 Å². The third kappa shape index (κ3) is 3.71. The van der Waals surface area contributed by atoms with Crippen molar-refractivity contribution in [3.05, 3.63) is 175 Å². The van der Waals surface area contributed by atoms with E-state index in [0.29, 0.717) is 5.56 Å². The Balaban J connectivity index is 1.20. The highest BCUT2D eigenvalue weighted by molar-refractivity contribution is 6.27. The Labute approximate surface area is 308 Å². The van der Waals surface area contributed by atoms with Crippen molar-refractivity contribution in [3.8, 4) is 23.1 Å². The molecule has 0 spiro atoms. The first-order valence-corrected chi connectivity index (χ1v) is 18.2. The highest BCUT2D eigenvalue weighted by Crippen LogP contribution is 2.44. The summed E-state index contributed by atoms with van der Waals surface area (Å²) in [5.41, 5.74) is 11.5. The standard InChI is InChI=1S/C49H28N4O/c50-29-37-41(22-12-23-42(37)53-40-21-10-6-18-36(40)47-44(53)28-26-34-32-16-7-11-24-45(32)54-49(34)47)52-39-20-9-5-17-35(39)46-43(52)27-25-33-31-15-4-8-19-38(31)51(48(33)46)30-13-2-1-3-14-30/h1-28H. The van der Waals surface area contributed by atoms with Crippen molar-refractivity contribution in [3.63, 3.8) is 0 Å². The van der Waals surface area contributed by atoms with Gasteiger partial charge in [0.1, 0.15) is 22.8 Å². The van der Waals surface area contributed by atoms with Crippen molar-refractivity contribution in [1.29, 1.82) is 5.26 Å². The van der Waals surface area contributed by atoms with Crippen molar-refractivity contribution < 1.29 is 4.42 Å². The average molecular weight is 689 g/mol. The van der Waals surface area contributed by atoms with Gasteiger partial charge in [-0.25, -0.2) is 0 Å². The van der Waals surface area contributed by atoms with Gasteiger partial charge in [0.2, 0.25) is 0 Å². The first-order chi connectivity index (χ1) is 26.8. The average Bonchev–Trinajstić information content (AvgIpc) is 3.97. The Hall–Kier alpha value is -7.55. The molecule has 0 saturated heterocycles. The second-order valence-electron chi connectivity index (χ2n) is 14.0. The SMILES string of the molecule is N#Cc1c(-n2c3ccccc3c3c4oc5ccccc5c4ccc32)cccc1-n1c2ccccc2c2c1ccc1c3ccccc3n(-c3ccccc3)c12. The van der Waals surface area contributed by atoms with Crippen LogP contribution in [0.5, 0.6) is 0 Å². The monoisotopic (exact) mass is 688 g/mol. The lowest BCUT2D eigenvalue weighted by molar-refractivity contribution is 0.673. The van der Waals surface area contributed by atoms with Gasteiger partial charge >= 0.3 is 0 Å². The lowest BCUT2D eigenvalue weighted by Crippen LogP contribution is -2.04. The molecule has 8 aromatic carbocycles. The highest BCUT2D eigenvalue weighted by atomic mass is 16.3. The minimum Gasteiger partial charge on any atom is -0.455 e. The van der Waals surface area contributed by atoms with Gasteiger partial charge in [0.05, 0.1) is 49.9 Å². The van der Waals surface area contributed by atoms with Gasteiger partial charge in [-0.2, -0.15) is 5.26 Å². The summed E-state index contributed by atoms with van der Waals surface area (Å²) in [7, 11) is 0. The summed E-state index contributed by atoms with van der Waals surface area (Å²) < 4.78 is 13.5. The first kappa shape index (κ1) is 29.1. The summed E-state index contributed by atoms with van der Waals surface area (Å²) in [6.07, 6.45) is 0. The Morgan fingerprint density at radius 1 is 0.389 bits per heavy atom. The van der Waals surface area contributed by atoms with E-state index in [9.17, 15) is 5.26 Å². The molecule has 0 aliphatic heterocycles. The van der Waals surface area contributed by atoms with Crippen molar-refractivity contribution in [2.45, 2.75) is 0 Å². The molecular formula is C49H28N4O. The van der Waals surface area contributed by atoms with Crippen molar-refractivity contribution in [2.24, 2.45) is 0 Å². The second-order valence-corrected chi connectivity index (χ2v) is 14.0. The van der Waals surface area contributed by atoms with E-state index in [2.05, 4.69) is 177 Å². The quantitative estimate of drug-likeness (QED) is 0.185. The van der Waals surface area contributed by atoms with Gasteiger partial charge in [-0.05, 0) is 66.7 Å². The van der Waals surface area contributed by atoms with Crippen LogP contribution in [0.15, 0.2) is 174 Å². The predicted molar refractivity (Wildman–Crippen MR) is 221 cm³/mol. The lowest BCUT2D eigenvalue weighted by atomic mass is 10.1. The molecule has 54 heavy (non-hydrogen) atoms. The molecule has 12 aromatic rings. The molecule has 5 heteroatoms. The van der Waals surface area contributed by atoms with Crippen molar-refractivity contribution >= 4 is 87.4 Å². The minimum absolute atomic E-state index is 0.594. The third-order valence-electron chi connectivity index (χ3n) is 11.3. The minimum atomic E-state index is 0.594. The number of fused-ring (bicyclic) bond motifs is 14. The largest absolute Gasteiger partial charge is 0.455 e. The second kappa shape index (κ2) is 10.7. The maximum Gasteiger partial charge on any atom is 0.145 e. The number of furan rings is 1. The van der Waals surface area contributed by atoms with E-state index < -0.39 is 0 Å². The molecule has 4 aromatic heterocycles. The summed E-state index contributed by atoms with van der Waals surface area (Å²) in [5.74, 6) is 0. The molecule has 0 bridgehead atoms. The fourth-order valence-corrected chi connectivity index (χ4v) is 9.12.